The van der Waals surface area contributed by atoms with E-state index >= 15 is 0 Å². The number of hydrogen-bond acceptors (Lipinski definition) is 16. The van der Waals surface area contributed by atoms with Gasteiger partial charge < -0.3 is 93.9 Å². The van der Waals surface area contributed by atoms with Crippen molar-refractivity contribution in [2.75, 3.05) is 26.2 Å². The molecule has 0 fully saturated rings. The summed E-state index contributed by atoms with van der Waals surface area (Å²) in [6, 6.07) is 32.8. The molecule has 0 saturated carbocycles. The molecule has 0 aliphatic rings. The maximum atomic E-state index is 11.5. The van der Waals surface area contributed by atoms with Crippen LogP contribution in [0.1, 0.15) is 63.7 Å². The van der Waals surface area contributed by atoms with Gasteiger partial charge in [-0.05, 0) is 67.4 Å². The Hall–Kier alpha value is -7.32. The first-order chi connectivity index (χ1) is 31.6. The SMILES string of the molecule is NCCN.NCCN.O.O.O=C([O-])c1cc2ccccc2c(Cc2c(O)c(C(=O)[O-])cc3ccccc23)c1O.O=C([O-])c1cc2ccccc2c(Cc2c(O)c(C(=O)[O-])cc3ccccc23)c1O.[Cu+2].[Cu+2]. The summed E-state index contributed by atoms with van der Waals surface area (Å²) < 4.78 is 0. The van der Waals surface area contributed by atoms with Gasteiger partial charge in [0.25, 0.3) is 0 Å². The number of phenols is 4. The first kappa shape index (κ1) is 60.7. The minimum absolute atomic E-state index is 0. The summed E-state index contributed by atoms with van der Waals surface area (Å²) in [5, 5.41) is 93.1. The summed E-state index contributed by atoms with van der Waals surface area (Å²) in [6.07, 6.45) is -0.193. The third-order valence-corrected chi connectivity index (χ3v) is 10.4. The van der Waals surface area contributed by atoms with Gasteiger partial charge in [0.15, 0.2) is 0 Å². The number of rotatable bonds is 10. The second kappa shape index (κ2) is 27.6. The van der Waals surface area contributed by atoms with E-state index < -0.39 is 46.9 Å². The molecule has 16 N–H and O–H groups in total. The molecule has 8 aromatic carbocycles. The monoisotopic (exact) mass is 1050 g/mol. The molecule has 2 radical (unpaired) electrons. The second-order valence-electron chi connectivity index (χ2n) is 14.5. The standard InChI is InChI=1S/2C23H16O6.2C2H8N2.2Cu.2H2O/c2*24-20-16(14-7-3-1-5-12(14)9-18(20)22(26)27)11-17-15-8-4-2-6-13(15)10-19(21(17)25)23(28)29;2*3-1-2-4;;;;/h2*1-10,24-25H,11H2,(H,26,27)(H,28,29);2*1-4H2;;;2*1H2/q;;;;2*+2;;/p-4. The van der Waals surface area contributed by atoms with E-state index in [9.17, 15) is 60.0 Å². The van der Waals surface area contributed by atoms with Crippen molar-refractivity contribution < 1.29 is 105 Å². The van der Waals surface area contributed by atoms with E-state index in [1.807, 2.05) is 0 Å². The average Bonchev–Trinajstić information content (AvgIpc) is 3.31. The van der Waals surface area contributed by atoms with Gasteiger partial charge in [-0.3, -0.25) is 0 Å². The number of aromatic carboxylic acids is 4. The first-order valence-corrected chi connectivity index (χ1v) is 20.2. The Morgan fingerprint density at radius 2 is 0.529 bits per heavy atom. The normalized spacial score (nSPS) is 10.0. The summed E-state index contributed by atoms with van der Waals surface area (Å²) >= 11 is 0. The number of carboxylic acids is 4. The molecule has 20 heteroatoms. The minimum atomic E-state index is -1.54. The molecule has 8 aromatic rings. The van der Waals surface area contributed by atoms with Crippen LogP contribution in [0.5, 0.6) is 23.0 Å². The molecular weight excluding hydrogens is 1010 g/mol. The van der Waals surface area contributed by atoms with Gasteiger partial charge in [-0.25, -0.2) is 0 Å². The Kier molecular flexibility index (Phi) is 23.9. The predicted molar refractivity (Wildman–Crippen MR) is 249 cm³/mol. The molecular formula is C50H48Cu2N4O14. The van der Waals surface area contributed by atoms with Gasteiger partial charge in [0, 0.05) is 83.5 Å². The van der Waals surface area contributed by atoms with Crippen LogP contribution in [0.2, 0.25) is 0 Å². The molecule has 0 heterocycles. The van der Waals surface area contributed by atoms with Crippen LogP contribution in [0.4, 0.5) is 0 Å². The maximum absolute atomic E-state index is 11.5. The van der Waals surface area contributed by atoms with Gasteiger partial charge in [0.2, 0.25) is 0 Å². The Labute approximate surface area is 421 Å². The largest absolute Gasteiger partial charge is 2.00 e. The van der Waals surface area contributed by atoms with Gasteiger partial charge >= 0.3 is 34.1 Å². The van der Waals surface area contributed by atoms with E-state index in [2.05, 4.69) is 0 Å². The summed E-state index contributed by atoms with van der Waals surface area (Å²) in [5.74, 6) is -8.06. The molecule has 0 aliphatic carbocycles. The molecule has 0 unspecified atom stereocenters. The predicted octanol–water partition coefficient (Wildman–Crippen LogP) is -0.403. The van der Waals surface area contributed by atoms with Crippen molar-refractivity contribution in [3.8, 4) is 23.0 Å². The number of hydrogen-bond donors (Lipinski definition) is 8. The Bertz CT molecular complexity index is 2720. The molecule has 0 aromatic heterocycles. The van der Waals surface area contributed by atoms with Crippen molar-refractivity contribution in [1.29, 1.82) is 0 Å². The zero-order valence-electron chi connectivity index (χ0n) is 36.8. The van der Waals surface area contributed by atoms with E-state index in [-0.39, 0.29) is 102 Å². The van der Waals surface area contributed by atoms with Crippen LogP contribution in [-0.2, 0) is 47.0 Å². The zero-order chi connectivity index (χ0) is 48.2. The van der Waals surface area contributed by atoms with Crippen molar-refractivity contribution in [2.45, 2.75) is 12.8 Å². The van der Waals surface area contributed by atoms with Crippen LogP contribution >= 0.6 is 0 Å². The van der Waals surface area contributed by atoms with E-state index in [1.54, 1.807) is 97.1 Å². The quantitative estimate of drug-likeness (QED) is 0.0808. The zero-order valence-corrected chi connectivity index (χ0v) is 38.6. The fraction of sp³-hybridized carbons (Fsp3) is 0.120. The van der Waals surface area contributed by atoms with E-state index in [0.717, 1.165) is 0 Å². The number of carboxylic acid groups (broad SMARTS) is 4. The number of nitrogens with two attached hydrogens (primary N) is 4. The van der Waals surface area contributed by atoms with Crippen molar-refractivity contribution in [3.63, 3.8) is 0 Å². The smallest absolute Gasteiger partial charge is 0.545 e. The average molecular weight is 1060 g/mol. The van der Waals surface area contributed by atoms with E-state index in [0.29, 0.717) is 69.3 Å². The summed E-state index contributed by atoms with van der Waals surface area (Å²) in [5.41, 5.74) is 19.1. The van der Waals surface area contributed by atoms with Crippen LogP contribution in [-0.4, -0.2) is 81.4 Å². The molecule has 8 rings (SSSR count). The molecule has 0 spiro atoms. The van der Waals surface area contributed by atoms with Gasteiger partial charge in [-0.15, -0.1) is 0 Å². The number of fused-ring (bicyclic) bond motifs is 4. The van der Waals surface area contributed by atoms with E-state index in [4.69, 9.17) is 22.9 Å². The molecule has 0 saturated heterocycles. The molecule has 0 aliphatic heterocycles. The molecule has 0 atom stereocenters. The van der Waals surface area contributed by atoms with Gasteiger partial charge in [-0.2, -0.15) is 0 Å². The summed E-state index contributed by atoms with van der Waals surface area (Å²) in [7, 11) is 0. The molecule has 374 valence electrons. The number of benzene rings is 8. The van der Waals surface area contributed by atoms with Crippen LogP contribution < -0.4 is 43.4 Å². The topological polar surface area (TPSA) is 409 Å². The number of carbonyl (C=O) groups is 4. The minimum Gasteiger partial charge on any atom is -0.545 e. The maximum Gasteiger partial charge on any atom is 2.00 e. The molecule has 18 nitrogen and oxygen atoms in total. The fourth-order valence-electron chi connectivity index (χ4n) is 7.34. The van der Waals surface area contributed by atoms with Gasteiger partial charge in [-0.1, -0.05) is 97.1 Å². The molecule has 70 heavy (non-hydrogen) atoms. The Balaban J connectivity index is 0.000000578. The Morgan fingerprint density at radius 1 is 0.357 bits per heavy atom. The third kappa shape index (κ3) is 13.5. The fourth-order valence-corrected chi connectivity index (χ4v) is 7.34. The van der Waals surface area contributed by atoms with Crippen LogP contribution in [0.25, 0.3) is 43.1 Å². The van der Waals surface area contributed by atoms with Crippen LogP contribution in [0.3, 0.4) is 0 Å². The van der Waals surface area contributed by atoms with Crippen LogP contribution in [0, 0.1) is 0 Å². The van der Waals surface area contributed by atoms with Gasteiger partial charge in [0.1, 0.15) is 23.0 Å². The van der Waals surface area contributed by atoms with E-state index in [1.165, 1.54) is 24.3 Å². The number of aromatic hydroxyl groups is 4. The first-order valence-electron chi connectivity index (χ1n) is 20.2. The van der Waals surface area contributed by atoms with Crippen molar-refractivity contribution in [2.24, 2.45) is 22.9 Å². The van der Waals surface area contributed by atoms with Gasteiger partial charge in [0.05, 0.1) is 23.9 Å². The molecule has 0 bridgehead atoms. The van der Waals surface area contributed by atoms with Crippen molar-refractivity contribution >= 4 is 67.0 Å². The van der Waals surface area contributed by atoms with Crippen LogP contribution in [0.15, 0.2) is 121 Å². The third-order valence-electron chi connectivity index (χ3n) is 10.4. The molecule has 0 amide bonds. The summed E-state index contributed by atoms with van der Waals surface area (Å²) in [6.45, 7) is 2.39. The Morgan fingerprint density at radius 3 is 0.686 bits per heavy atom. The van der Waals surface area contributed by atoms with Crippen molar-refractivity contribution in [3.05, 3.63) is 166 Å². The number of carbonyl (C=O) groups excluding carboxylic acids is 4. The summed E-state index contributed by atoms with van der Waals surface area (Å²) in [4.78, 5) is 45.9. The van der Waals surface area contributed by atoms with Crippen molar-refractivity contribution in [1.82, 2.24) is 0 Å². The second-order valence-corrected chi connectivity index (χ2v) is 14.5.